The monoisotopic (exact) mass is 302 g/mol. The van der Waals surface area contributed by atoms with Gasteiger partial charge in [0.2, 0.25) is 0 Å². The molecule has 0 radical (unpaired) electrons. The molecule has 0 bridgehead atoms. The van der Waals surface area contributed by atoms with Crippen molar-refractivity contribution >= 4 is 11.8 Å². The summed E-state index contributed by atoms with van der Waals surface area (Å²) in [4.78, 5) is 5.38. The SMILES string of the molecule is NCc1cc(CSc2ccc3c(c2)OCCCO3)ccn1. The van der Waals surface area contributed by atoms with E-state index < -0.39 is 0 Å². The zero-order valence-corrected chi connectivity index (χ0v) is 12.6. The van der Waals surface area contributed by atoms with Crippen LogP contribution in [0.2, 0.25) is 0 Å². The summed E-state index contributed by atoms with van der Waals surface area (Å²) in [6.07, 6.45) is 2.74. The van der Waals surface area contributed by atoms with Crippen LogP contribution < -0.4 is 15.2 Å². The molecule has 2 N–H and O–H groups in total. The first-order valence-electron chi connectivity index (χ1n) is 7.01. The molecule has 0 spiro atoms. The van der Waals surface area contributed by atoms with Gasteiger partial charge in [0, 0.05) is 29.8 Å². The van der Waals surface area contributed by atoms with Gasteiger partial charge in [0.05, 0.1) is 18.9 Å². The van der Waals surface area contributed by atoms with Crippen LogP contribution in [0.5, 0.6) is 11.5 Å². The standard InChI is InChI=1S/C16H18N2O2S/c17-10-13-8-12(4-5-18-13)11-21-14-2-3-15-16(9-14)20-7-1-6-19-15/h2-5,8-9H,1,6-7,10-11,17H2. The Kier molecular flexibility index (Phi) is 4.62. The summed E-state index contributed by atoms with van der Waals surface area (Å²) in [5, 5.41) is 0. The minimum atomic E-state index is 0.475. The average molecular weight is 302 g/mol. The van der Waals surface area contributed by atoms with E-state index in [2.05, 4.69) is 23.2 Å². The van der Waals surface area contributed by atoms with E-state index in [1.807, 2.05) is 18.3 Å². The first kappa shape index (κ1) is 14.2. The van der Waals surface area contributed by atoms with Crippen LogP contribution in [-0.2, 0) is 12.3 Å². The van der Waals surface area contributed by atoms with E-state index in [0.717, 1.165) is 36.0 Å². The van der Waals surface area contributed by atoms with Gasteiger partial charge in [0.1, 0.15) is 0 Å². The molecule has 0 unspecified atom stereocenters. The van der Waals surface area contributed by atoms with E-state index in [9.17, 15) is 0 Å². The molecule has 2 aromatic rings. The van der Waals surface area contributed by atoms with Crippen molar-refractivity contribution in [2.24, 2.45) is 5.73 Å². The fourth-order valence-electron chi connectivity index (χ4n) is 2.13. The Labute approximate surface area is 128 Å². The second kappa shape index (κ2) is 6.83. The predicted molar refractivity (Wildman–Crippen MR) is 83.7 cm³/mol. The lowest BCUT2D eigenvalue weighted by molar-refractivity contribution is 0.297. The van der Waals surface area contributed by atoms with E-state index in [-0.39, 0.29) is 0 Å². The molecule has 3 rings (SSSR count). The summed E-state index contributed by atoms with van der Waals surface area (Å²) in [6, 6.07) is 10.2. The fourth-order valence-corrected chi connectivity index (χ4v) is 3.00. The highest BCUT2D eigenvalue weighted by molar-refractivity contribution is 7.98. The number of hydrogen-bond donors (Lipinski definition) is 1. The molecule has 0 amide bonds. The number of pyridine rings is 1. The van der Waals surface area contributed by atoms with Crippen LogP contribution in [0.1, 0.15) is 17.7 Å². The molecule has 1 aliphatic rings. The maximum Gasteiger partial charge on any atom is 0.162 e. The van der Waals surface area contributed by atoms with Crippen LogP contribution in [0, 0.1) is 0 Å². The number of nitrogens with two attached hydrogens (primary N) is 1. The summed E-state index contributed by atoms with van der Waals surface area (Å²) in [7, 11) is 0. The van der Waals surface area contributed by atoms with E-state index in [1.54, 1.807) is 11.8 Å². The summed E-state index contributed by atoms with van der Waals surface area (Å²) >= 11 is 1.77. The molecular formula is C16H18N2O2S. The molecule has 0 saturated carbocycles. The second-order valence-corrected chi connectivity index (χ2v) is 5.86. The van der Waals surface area contributed by atoms with E-state index in [1.165, 1.54) is 10.5 Å². The fraction of sp³-hybridized carbons (Fsp3) is 0.312. The highest BCUT2D eigenvalue weighted by Crippen LogP contribution is 2.34. The lowest BCUT2D eigenvalue weighted by Gasteiger charge is -2.09. The molecule has 0 saturated heterocycles. The summed E-state index contributed by atoms with van der Waals surface area (Å²) in [5.74, 6) is 2.57. The van der Waals surface area contributed by atoms with Crippen molar-refractivity contribution in [1.29, 1.82) is 0 Å². The van der Waals surface area contributed by atoms with Gasteiger partial charge in [-0.25, -0.2) is 0 Å². The average Bonchev–Trinajstić information content (AvgIpc) is 2.78. The van der Waals surface area contributed by atoms with Crippen LogP contribution >= 0.6 is 11.8 Å². The van der Waals surface area contributed by atoms with E-state index in [0.29, 0.717) is 13.2 Å². The topological polar surface area (TPSA) is 57.4 Å². The largest absolute Gasteiger partial charge is 0.490 e. The normalized spacial score (nSPS) is 13.8. The molecular weight excluding hydrogens is 284 g/mol. The molecule has 4 nitrogen and oxygen atoms in total. The smallest absolute Gasteiger partial charge is 0.162 e. The number of hydrogen-bond acceptors (Lipinski definition) is 5. The Bertz CT molecular complexity index is 619. The number of fused-ring (bicyclic) bond motifs is 1. The number of nitrogens with zero attached hydrogens (tertiary/aromatic N) is 1. The summed E-state index contributed by atoms with van der Waals surface area (Å²) in [5.41, 5.74) is 7.76. The predicted octanol–water partition coefficient (Wildman–Crippen LogP) is 2.99. The van der Waals surface area contributed by atoms with Gasteiger partial charge in [-0.1, -0.05) is 0 Å². The number of aromatic nitrogens is 1. The van der Waals surface area contributed by atoms with Gasteiger partial charge in [0.15, 0.2) is 11.5 Å². The molecule has 0 atom stereocenters. The minimum absolute atomic E-state index is 0.475. The molecule has 1 aromatic carbocycles. The van der Waals surface area contributed by atoms with Crippen LogP contribution in [0.3, 0.4) is 0 Å². The number of benzene rings is 1. The van der Waals surface area contributed by atoms with Crippen molar-refractivity contribution in [3.05, 3.63) is 47.8 Å². The molecule has 5 heteroatoms. The van der Waals surface area contributed by atoms with Gasteiger partial charge >= 0.3 is 0 Å². The molecule has 0 fully saturated rings. The minimum Gasteiger partial charge on any atom is -0.490 e. The molecule has 110 valence electrons. The Hall–Kier alpha value is -1.72. The number of ether oxygens (including phenoxy) is 2. The third-order valence-electron chi connectivity index (χ3n) is 3.21. The van der Waals surface area contributed by atoms with Crippen LogP contribution in [0.25, 0.3) is 0 Å². The number of rotatable bonds is 4. The van der Waals surface area contributed by atoms with Crippen molar-refractivity contribution in [3.8, 4) is 11.5 Å². The van der Waals surface area contributed by atoms with Crippen molar-refractivity contribution in [1.82, 2.24) is 4.98 Å². The molecule has 2 heterocycles. The first-order valence-corrected chi connectivity index (χ1v) is 8.00. The van der Waals surface area contributed by atoms with Gasteiger partial charge < -0.3 is 15.2 Å². The van der Waals surface area contributed by atoms with Gasteiger partial charge in [-0.2, -0.15) is 0 Å². The van der Waals surface area contributed by atoms with Crippen molar-refractivity contribution in [2.75, 3.05) is 13.2 Å². The summed E-state index contributed by atoms with van der Waals surface area (Å²) in [6.45, 7) is 1.91. The second-order valence-electron chi connectivity index (χ2n) is 4.81. The highest BCUT2D eigenvalue weighted by Gasteiger charge is 2.10. The van der Waals surface area contributed by atoms with Crippen molar-refractivity contribution in [3.63, 3.8) is 0 Å². The first-order chi connectivity index (χ1) is 10.3. The Morgan fingerprint density at radius 3 is 2.81 bits per heavy atom. The van der Waals surface area contributed by atoms with Gasteiger partial charge in [0.25, 0.3) is 0 Å². The Balaban J connectivity index is 1.69. The third-order valence-corrected chi connectivity index (χ3v) is 4.28. The van der Waals surface area contributed by atoms with Gasteiger partial charge in [-0.15, -0.1) is 11.8 Å². The van der Waals surface area contributed by atoms with Gasteiger partial charge in [-0.05, 0) is 35.9 Å². The van der Waals surface area contributed by atoms with Crippen LogP contribution in [0.4, 0.5) is 0 Å². The van der Waals surface area contributed by atoms with E-state index >= 15 is 0 Å². The van der Waals surface area contributed by atoms with Gasteiger partial charge in [-0.3, -0.25) is 4.98 Å². The zero-order chi connectivity index (χ0) is 14.5. The lowest BCUT2D eigenvalue weighted by Crippen LogP contribution is -1.99. The molecule has 0 aliphatic carbocycles. The van der Waals surface area contributed by atoms with Crippen LogP contribution in [0.15, 0.2) is 41.4 Å². The molecule has 1 aliphatic heterocycles. The highest BCUT2D eigenvalue weighted by atomic mass is 32.2. The van der Waals surface area contributed by atoms with Crippen LogP contribution in [-0.4, -0.2) is 18.2 Å². The maximum absolute atomic E-state index is 5.71. The third kappa shape index (κ3) is 3.68. The lowest BCUT2D eigenvalue weighted by atomic mass is 10.2. The summed E-state index contributed by atoms with van der Waals surface area (Å²) < 4.78 is 11.4. The van der Waals surface area contributed by atoms with Crippen molar-refractivity contribution in [2.45, 2.75) is 23.6 Å². The maximum atomic E-state index is 5.71. The quantitative estimate of drug-likeness (QED) is 0.880. The molecule has 21 heavy (non-hydrogen) atoms. The Morgan fingerprint density at radius 2 is 1.95 bits per heavy atom. The van der Waals surface area contributed by atoms with E-state index in [4.69, 9.17) is 15.2 Å². The number of thioether (sulfide) groups is 1. The zero-order valence-electron chi connectivity index (χ0n) is 11.7. The Morgan fingerprint density at radius 1 is 1.10 bits per heavy atom. The van der Waals surface area contributed by atoms with Crippen molar-refractivity contribution < 1.29 is 9.47 Å². The molecule has 1 aromatic heterocycles.